The molecule has 1 heterocycles. The number of halogens is 2. The lowest BCUT2D eigenvalue weighted by Gasteiger charge is -2.11. The number of nitrogens with zero attached hydrogens (tertiary/aromatic N) is 2. The van der Waals surface area contributed by atoms with Crippen LogP contribution in [0.5, 0.6) is 0 Å². The molecule has 0 bridgehead atoms. The van der Waals surface area contributed by atoms with Crippen molar-refractivity contribution in [3.8, 4) is 44.5 Å². The molecule has 0 fully saturated rings. The standard InChI is InChI=1S/C30H18F2N2S.2C2H6/c31-27-17-21(19-7-3-1-4-8-19)11-13-23(27)25-15-16-26(30-29(25)33-35-34-30)24-14-12-22(18-28(24)32)20-9-5-2-6-10-20;2*1-2/h1-18H;2*1-2H3. The molecule has 39 heavy (non-hydrogen) atoms. The molecule has 6 rings (SSSR count). The van der Waals surface area contributed by atoms with Crippen molar-refractivity contribution in [1.29, 1.82) is 0 Å². The molecule has 0 radical (unpaired) electrons. The van der Waals surface area contributed by atoms with Crippen LogP contribution in [0.1, 0.15) is 27.7 Å². The highest BCUT2D eigenvalue weighted by atomic mass is 32.1. The predicted octanol–water partition coefficient (Wildman–Crippen LogP) is 10.7. The highest BCUT2D eigenvalue weighted by Crippen LogP contribution is 2.38. The monoisotopic (exact) mass is 536 g/mol. The third kappa shape index (κ3) is 5.79. The molecule has 0 aliphatic carbocycles. The maximum Gasteiger partial charge on any atom is 0.131 e. The largest absolute Gasteiger partial charge is 0.206 e. The van der Waals surface area contributed by atoms with Gasteiger partial charge >= 0.3 is 0 Å². The average molecular weight is 537 g/mol. The fraction of sp³-hybridized carbons (Fsp3) is 0.118. The summed E-state index contributed by atoms with van der Waals surface area (Å²) in [6.45, 7) is 8.00. The Bertz CT molecular complexity index is 1540. The van der Waals surface area contributed by atoms with Crippen molar-refractivity contribution < 1.29 is 8.78 Å². The van der Waals surface area contributed by atoms with E-state index < -0.39 is 0 Å². The van der Waals surface area contributed by atoms with Gasteiger partial charge in [0.1, 0.15) is 22.7 Å². The minimum Gasteiger partial charge on any atom is -0.206 e. The number of aromatic nitrogens is 2. The summed E-state index contributed by atoms with van der Waals surface area (Å²) in [5, 5.41) is 0. The van der Waals surface area contributed by atoms with Gasteiger partial charge in [0.25, 0.3) is 0 Å². The summed E-state index contributed by atoms with van der Waals surface area (Å²) in [5.74, 6) is -0.682. The summed E-state index contributed by atoms with van der Waals surface area (Å²) >= 11 is 1.04. The van der Waals surface area contributed by atoms with E-state index in [2.05, 4.69) is 8.75 Å². The van der Waals surface area contributed by atoms with Gasteiger partial charge in [-0.2, -0.15) is 8.75 Å². The molecule has 0 spiro atoms. The summed E-state index contributed by atoms with van der Waals surface area (Å²) in [5.41, 5.74) is 6.77. The molecule has 5 heteroatoms. The van der Waals surface area contributed by atoms with Gasteiger partial charge in [-0.05, 0) is 34.4 Å². The second-order valence-corrected chi connectivity index (χ2v) is 8.77. The van der Waals surface area contributed by atoms with Crippen molar-refractivity contribution in [3.63, 3.8) is 0 Å². The normalized spacial score (nSPS) is 10.3. The molecule has 1 aromatic heterocycles. The topological polar surface area (TPSA) is 25.8 Å². The first kappa shape index (κ1) is 27.8. The lowest BCUT2D eigenvalue weighted by atomic mass is 9.94. The van der Waals surface area contributed by atoms with E-state index in [9.17, 15) is 0 Å². The van der Waals surface area contributed by atoms with Crippen LogP contribution in [-0.4, -0.2) is 8.75 Å². The molecular weight excluding hydrogens is 506 g/mol. The van der Waals surface area contributed by atoms with Crippen LogP contribution in [0.25, 0.3) is 55.5 Å². The Morgan fingerprint density at radius 2 is 0.795 bits per heavy atom. The van der Waals surface area contributed by atoms with Gasteiger partial charge in [-0.25, -0.2) is 8.78 Å². The van der Waals surface area contributed by atoms with E-state index in [-0.39, 0.29) is 11.6 Å². The molecule has 0 unspecified atom stereocenters. The molecule has 2 nitrogen and oxygen atoms in total. The van der Waals surface area contributed by atoms with E-state index in [1.165, 1.54) is 12.1 Å². The number of rotatable bonds is 4. The van der Waals surface area contributed by atoms with Crippen LogP contribution in [0.3, 0.4) is 0 Å². The van der Waals surface area contributed by atoms with Crippen LogP contribution in [-0.2, 0) is 0 Å². The number of benzene rings is 5. The smallest absolute Gasteiger partial charge is 0.131 e. The van der Waals surface area contributed by atoms with E-state index in [4.69, 9.17) is 0 Å². The summed E-state index contributed by atoms with van der Waals surface area (Å²) in [6.07, 6.45) is 0. The zero-order valence-electron chi connectivity index (χ0n) is 22.5. The Morgan fingerprint density at radius 3 is 1.15 bits per heavy atom. The van der Waals surface area contributed by atoms with Crippen molar-refractivity contribution in [2.24, 2.45) is 0 Å². The van der Waals surface area contributed by atoms with Gasteiger partial charge in [-0.15, -0.1) is 0 Å². The fourth-order valence-electron chi connectivity index (χ4n) is 4.39. The van der Waals surface area contributed by atoms with Crippen LogP contribution in [0, 0.1) is 11.6 Å². The molecule has 0 aliphatic heterocycles. The Hall–Kier alpha value is -4.22. The molecule has 0 saturated carbocycles. The van der Waals surface area contributed by atoms with Crippen LogP contribution in [0.15, 0.2) is 109 Å². The van der Waals surface area contributed by atoms with E-state index >= 15 is 8.78 Å². The average Bonchev–Trinajstić information content (AvgIpc) is 3.50. The van der Waals surface area contributed by atoms with Crippen LogP contribution < -0.4 is 0 Å². The molecule has 0 atom stereocenters. The molecule has 0 amide bonds. The SMILES string of the molecule is CC.CC.Fc1cc(-c2ccccc2)ccc1-c1ccc(-c2ccc(-c3ccccc3)cc2F)c2nsnc12. The van der Waals surface area contributed by atoms with Gasteiger partial charge in [0.05, 0.1) is 11.7 Å². The second kappa shape index (κ2) is 13.0. The Balaban J connectivity index is 0.000000845. The van der Waals surface area contributed by atoms with E-state index in [0.717, 1.165) is 34.0 Å². The Morgan fingerprint density at radius 1 is 0.436 bits per heavy atom. The van der Waals surface area contributed by atoms with Gasteiger partial charge in [-0.3, -0.25) is 0 Å². The van der Waals surface area contributed by atoms with Gasteiger partial charge in [-0.1, -0.05) is 125 Å². The first-order valence-corrected chi connectivity index (χ1v) is 13.9. The number of hydrogen-bond donors (Lipinski definition) is 0. The van der Waals surface area contributed by atoms with Crippen molar-refractivity contribution in [2.75, 3.05) is 0 Å². The van der Waals surface area contributed by atoms with Gasteiger partial charge in [0, 0.05) is 22.3 Å². The number of hydrogen-bond acceptors (Lipinski definition) is 3. The summed E-state index contributed by atoms with van der Waals surface area (Å²) in [4.78, 5) is 0. The zero-order chi connectivity index (χ0) is 27.8. The van der Waals surface area contributed by atoms with Crippen molar-refractivity contribution in [3.05, 3.63) is 121 Å². The first-order valence-electron chi connectivity index (χ1n) is 13.1. The Labute approximate surface area is 233 Å². The second-order valence-electron chi connectivity index (χ2n) is 8.24. The minimum atomic E-state index is -0.341. The van der Waals surface area contributed by atoms with Crippen LogP contribution in [0.4, 0.5) is 8.78 Å². The number of fused-ring (bicyclic) bond motifs is 1. The summed E-state index contributed by atoms with van der Waals surface area (Å²) in [6, 6.07) is 33.3. The first-order chi connectivity index (χ1) is 19.2. The van der Waals surface area contributed by atoms with Crippen LogP contribution >= 0.6 is 11.7 Å². The van der Waals surface area contributed by atoms with Crippen molar-refractivity contribution >= 4 is 22.8 Å². The molecule has 6 aromatic rings. The van der Waals surface area contributed by atoms with E-state index in [1.807, 2.05) is 100 Å². The zero-order valence-corrected chi connectivity index (χ0v) is 23.3. The third-order valence-corrected chi connectivity index (χ3v) is 6.68. The van der Waals surface area contributed by atoms with Crippen molar-refractivity contribution in [1.82, 2.24) is 8.75 Å². The highest BCUT2D eigenvalue weighted by molar-refractivity contribution is 7.00. The summed E-state index contributed by atoms with van der Waals surface area (Å²) in [7, 11) is 0. The van der Waals surface area contributed by atoms with Gasteiger partial charge in [0.2, 0.25) is 0 Å². The lowest BCUT2D eigenvalue weighted by molar-refractivity contribution is 0.631. The molecular formula is C34H30F2N2S. The third-order valence-electron chi connectivity index (χ3n) is 6.15. The highest BCUT2D eigenvalue weighted by Gasteiger charge is 2.18. The summed E-state index contributed by atoms with van der Waals surface area (Å²) < 4.78 is 39.4. The van der Waals surface area contributed by atoms with E-state index in [0.29, 0.717) is 33.3 Å². The predicted molar refractivity (Wildman–Crippen MR) is 162 cm³/mol. The molecule has 0 aliphatic rings. The van der Waals surface area contributed by atoms with Gasteiger partial charge in [0.15, 0.2) is 0 Å². The fourth-order valence-corrected chi connectivity index (χ4v) is 4.96. The lowest BCUT2D eigenvalue weighted by Crippen LogP contribution is -1.92. The van der Waals surface area contributed by atoms with E-state index in [1.54, 1.807) is 24.3 Å². The molecule has 0 saturated heterocycles. The van der Waals surface area contributed by atoms with Crippen LogP contribution in [0.2, 0.25) is 0 Å². The Kier molecular flexibility index (Phi) is 9.29. The quantitative estimate of drug-likeness (QED) is 0.224. The minimum absolute atomic E-state index is 0.341. The van der Waals surface area contributed by atoms with Crippen molar-refractivity contribution in [2.45, 2.75) is 27.7 Å². The molecule has 196 valence electrons. The maximum absolute atomic E-state index is 15.2. The molecule has 5 aromatic carbocycles. The molecule has 0 N–H and O–H groups in total. The maximum atomic E-state index is 15.2. The van der Waals surface area contributed by atoms with Gasteiger partial charge < -0.3 is 0 Å².